The first-order chi connectivity index (χ1) is 13.5. The number of benzene rings is 2. The maximum absolute atomic E-state index is 13.6. The summed E-state index contributed by atoms with van der Waals surface area (Å²) in [5.74, 6) is -0.224. The summed E-state index contributed by atoms with van der Waals surface area (Å²) in [6.45, 7) is 1.81. The van der Waals surface area contributed by atoms with E-state index in [2.05, 4.69) is 27.8 Å². The molecule has 0 saturated carbocycles. The minimum Gasteiger partial charge on any atom is -0.399 e. The Labute approximate surface area is 162 Å². The van der Waals surface area contributed by atoms with E-state index in [0.717, 1.165) is 18.4 Å². The Bertz CT molecular complexity index is 1010. The van der Waals surface area contributed by atoms with Gasteiger partial charge in [0.1, 0.15) is 17.3 Å². The van der Waals surface area contributed by atoms with Crippen LogP contribution in [0.1, 0.15) is 27.2 Å². The third kappa shape index (κ3) is 3.96. The van der Waals surface area contributed by atoms with E-state index in [9.17, 15) is 9.18 Å². The summed E-state index contributed by atoms with van der Waals surface area (Å²) in [5, 5.41) is 6.05. The first-order valence-corrected chi connectivity index (χ1v) is 9.16. The fourth-order valence-corrected chi connectivity index (χ4v) is 3.61. The van der Waals surface area contributed by atoms with Crippen LogP contribution in [0.4, 0.5) is 21.6 Å². The summed E-state index contributed by atoms with van der Waals surface area (Å²) in [6, 6.07) is 16.0. The first-order valence-electron chi connectivity index (χ1n) is 9.16. The summed E-state index contributed by atoms with van der Waals surface area (Å²) < 4.78 is 13.6. The fourth-order valence-electron chi connectivity index (χ4n) is 3.61. The number of rotatable bonds is 4. The van der Waals surface area contributed by atoms with Crippen molar-refractivity contribution in [2.45, 2.75) is 25.8 Å². The molecule has 1 aromatic heterocycles. The summed E-state index contributed by atoms with van der Waals surface area (Å²) in [5.41, 5.74) is 10.4. The zero-order valence-electron chi connectivity index (χ0n) is 15.5. The van der Waals surface area contributed by atoms with Gasteiger partial charge in [0, 0.05) is 23.5 Å². The maximum atomic E-state index is 13.6. The van der Waals surface area contributed by atoms with Crippen LogP contribution >= 0.6 is 0 Å². The van der Waals surface area contributed by atoms with Gasteiger partial charge in [-0.25, -0.2) is 9.37 Å². The van der Waals surface area contributed by atoms with E-state index in [4.69, 9.17) is 5.73 Å². The third-order valence-electron chi connectivity index (χ3n) is 4.78. The van der Waals surface area contributed by atoms with Crippen LogP contribution in [0.3, 0.4) is 0 Å². The predicted molar refractivity (Wildman–Crippen MR) is 108 cm³/mol. The Morgan fingerprint density at radius 3 is 2.50 bits per heavy atom. The van der Waals surface area contributed by atoms with E-state index in [1.54, 1.807) is 25.1 Å². The van der Waals surface area contributed by atoms with Gasteiger partial charge in [-0.2, -0.15) is 0 Å². The number of nitrogens with one attached hydrogen (secondary N) is 2. The van der Waals surface area contributed by atoms with Gasteiger partial charge >= 0.3 is 0 Å². The number of fused-ring (bicyclic) bond motifs is 1. The van der Waals surface area contributed by atoms with Crippen molar-refractivity contribution < 1.29 is 9.18 Å². The lowest BCUT2D eigenvalue weighted by atomic mass is 10.1. The molecule has 6 heteroatoms. The van der Waals surface area contributed by atoms with Crippen LogP contribution in [0.25, 0.3) is 0 Å². The number of hydrogen-bond donors (Lipinski definition) is 3. The standard InChI is InChI=1S/C22H21FN4O/c1-13-6-16(23)10-18(7-13)25-21-12-17(24)11-20(27-21)22(28)26-19-8-14-4-2-3-5-15(14)9-19/h2-7,10-12,19H,8-9H2,1H3,(H,26,28)(H3,24,25,27). The zero-order valence-corrected chi connectivity index (χ0v) is 15.5. The first kappa shape index (κ1) is 18.0. The van der Waals surface area contributed by atoms with Crippen molar-refractivity contribution in [3.05, 3.63) is 82.8 Å². The molecule has 4 N–H and O–H groups in total. The number of hydrogen-bond acceptors (Lipinski definition) is 4. The van der Waals surface area contributed by atoms with Crippen molar-refractivity contribution in [1.82, 2.24) is 10.3 Å². The monoisotopic (exact) mass is 376 g/mol. The predicted octanol–water partition coefficient (Wildman–Crippen LogP) is 3.75. The van der Waals surface area contributed by atoms with Crippen LogP contribution in [-0.2, 0) is 12.8 Å². The molecule has 28 heavy (non-hydrogen) atoms. The molecule has 142 valence electrons. The van der Waals surface area contributed by atoms with Crippen LogP contribution < -0.4 is 16.4 Å². The summed E-state index contributed by atoms with van der Waals surface area (Å²) in [6.07, 6.45) is 1.61. The van der Waals surface area contributed by atoms with Crippen molar-refractivity contribution in [2.24, 2.45) is 0 Å². The molecule has 1 amide bonds. The molecule has 1 heterocycles. The Kier molecular flexibility index (Phi) is 4.69. The smallest absolute Gasteiger partial charge is 0.270 e. The van der Waals surface area contributed by atoms with Gasteiger partial charge in [0.25, 0.3) is 5.91 Å². The van der Waals surface area contributed by atoms with Gasteiger partial charge in [0.2, 0.25) is 0 Å². The van der Waals surface area contributed by atoms with Gasteiger partial charge in [-0.05, 0) is 60.7 Å². The lowest BCUT2D eigenvalue weighted by Gasteiger charge is -2.13. The molecule has 0 bridgehead atoms. The molecule has 3 aromatic rings. The SMILES string of the molecule is Cc1cc(F)cc(Nc2cc(N)cc(C(=O)NC3Cc4ccccc4C3)n2)c1. The Hall–Kier alpha value is -3.41. The van der Waals surface area contributed by atoms with Crippen molar-refractivity contribution >= 4 is 23.1 Å². The largest absolute Gasteiger partial charge is 0.399 e. The molecule has 0 aliphatic heterocycles. The van der Waals surface area contributed by atoms with Gasteiger partial charge in [-0.1, -0.05) is 24.3 Å². The number of anilines is 3. The Morgan fingerprint density at radius 1 is 1.11 bits per heavy atom. The number of nitrogens with two attached hydrogens (primary N) is 1. The molecule has 4 rings (SSSR count). The normalized spacial score (nSPS) is 13.2. The topological polar surface area (TPSA) is 80.0 Å². The Morgan fingerprint density at radius 2 is 1.82 bits per heavy atom. The van der Waals surface area contributed by atoms with Crippen molar-refractivity contribution in [2.75, 3.05) is 11.1 Å². The van der Waals surface area contributed by atoms with Crippen molar-refractivity contribution in [3.8, 4) is 0 Å². The van der Waals surface area contributed by atoms with E-state index in [1.807, 2.05) is 12.1 Å². The Balaban J connectivity index is 1.50. The molecular weight excluding hydrogens is 355 g/mol. The molecule has 2 aromatic carbocycles. The molecule has 0 saturated heterocycles. The molecule has 1 aliphatic carbocycles. The minimum absolute atomic E-state index is 0.0374. The summed E-state index contributed by atoms with van der Waals surface area (Å²) in [4.78, 5) is 17.1. The number of halogens is 1. The van der Waals surface area contributed by atoms with Gasteiger partial charge < -0.3 is 16.4 Å². The number of nitrogens with zero attached hydrogens (tertiary/aromatic N) is 1. The van der Waals surface area contributed by atoms with Crippen LogP contribution in [0.2, 0.25) is 0 Å². The average molecular weight is 376 g/mol. The highest BCUT2D eigenvalue weighted by molar-refractivity contribution is 5.94. The fraction of sp³-hybridized carbons (Fsp3) is 0.182. The molecule has 5 nitrogen and oxygen atoms in total. The van der Waals surface area contributed by atoms with Gasteiger partial charge in [0.15, 0.2) is 0 Å². The van der Waals surface area contributed by atoms with Crippen LogP contribution in [0.5, 0.6) is 0 Å². The molecule has 0 atom stereocenters. The number of carbonyl (C=O) groups excluding carboxylic acids is 1. The number of amides is 1. The third-order valence-corrected chi connectivity index (χ3v) is 4.78. The second-order valence-electron chi connectivity index (χ2n) is 7.16. The minimum atomic E-state index is -0.342. The van der Waals surface area contributed by atoms with Crippen LogP contribution in [-0.4, -0.2) is 16.9 Å². The van der Waals surface area contributed by atoms with Gasteiger partial charge in [-0.15, -0.1) is 0 Å². The molecule has 0 spiro atoms. The average Bonchev–Trinajstić information content (AvgIpc) is 3.02. The van der Waals surface area contributed by atoms with Crippen molar-refractivity contribution in [1.29, 1.82) is 0 Å². The highest BCUT2D eigenvalue weighted by Gasteiger charge is 2.23. The molecular formula is C22H21FN4O. The van der Waals surface area contributed by atoms with E-state index < -0.39 is 0 Å². The molecule has 0 unspecified atom stereocenters. The van der Waals surface area contributed by atoms with Gasteiger partial charge in [-0.3, -0.25) is 4.79 Å². The molecule has 0 fully saturated rings. The highest BCUT2D eigenvalue weighted by atomic mass is 19.1. The summed E-state index contributed by atoms with van der Waals surface area (Å²) in [7, 11) is 0. The number of nitrogen functional groups attached to an aromatic ring is 1. The number of aromatic nitrogens is 1. The van der Waals surface area contributed by atoms with Crippen molar-refractivity contribution in [3.63, 3.8) is 0 Å². The highest BCUT2D eigenvalue weighted by Crippen LogP contribution is 2.23. The van der Waals surface area contributed by atoms with E-state index in [1.165, 1.54) is 23.3 Å². The van der Waals surface area contributed by atoms with Gasteiger partial charge in [0.05, 0.1) is 0 Å². The van der Waals surface area contributed by atoms with E-state index >= 15 is 0 Å². The van der Waals surface area contributed by atoms with Crippen LogP contribution in [0, 0.1) is 12.7 Å². The number of aryl methyl sites for hydroxylation is 1. The second kappa shape index (κ2) is 7.31. The van der Waals surface area contributed by atoms with Crippen LogP contribution in [0.15, 0.2) is 54.6 Å². The summed E-state index contributed by atoms with van der Waals surface area (Å²) >= 11 is 0. The zero-order chi connectivity index (χ0) is 19.7. The quantitative estimate of drug-likeness (QED) is 0.648. The second-order valence-corrected chi connectivity index (χ2v) is 7.16. The van der Waals surface area contributed by atoms with E-state index in [-0.39, 0.29) is 23.5 Å². The lowest BCUT2D eigenvalue weighted by molar-refractivity contribution is 0.0933. The lowest BCUT2D eigenvalue weighted by Crippen LogP contribution is -2.35. The number of pyridine rings is 1. The molecule has 1 aliphatic rings. The maximum Gasteiger partial charge on any atom is 0.270 e. The number of carbonyl (C=O) groups is 1. The molecule has 0 radical (unpaired) electrons. The van der Waals surface area contributed by atoms with E-state index in [0.29, 0.717) is 17.2 Å².